The van der Waals surface area contributed by atoms with E-state index in [1.165, 1.54) is 12.8 Å². The van der Waals surface area contributed by atoms with Gasteiger partial charge in [0.2, 0.25) is 0 Å². The van der Waals surface area contributed by atoms with Crippen molar-refractivity contribution in [1.82, 2.24) is 14.5 Å². The summed E-state index contributed by atoms with van der Waals surface area (Å²) in [5.41, 5.74) is 2.45. The van der Waals surface area contributed by atoms with Crippen molar-refractivity contribution >= 4 is 17.3 Å². The van der Waals surface area contributed by atoms with Crippen molar-refractivity contribution in [3.05, 3.63) is 66.9 Å². The predicted octanol–water partition coefficient (Wildman–Crippen LogP) is 3.12. The van der Waals surface area contributed by atoms with Crippen molar-refractivity contribution in [2.24, 2.45) is 0 Å². The van der Waals surface area contributed by atoms with E-state index in [4.69, 9.17) is 0 Å². The number of nitrogens with zero attached hydrogens (tertiary/aromatic N) is 4. The van der Waals surface area contributed by atoms with Crippen LogP contribution in [-0.2, 0) is 0 Å². The van der Waals surface area contributed by atoms with Crippen LogP contribution in [0, 0.1) is 0 Å². The molecule has 1 fully saturated rings. The van der Waals surface area contributed by atoms with Crippen molar-refractivity contribution in [1.29, 1.82) is 0 Å². The summed E-state index contributed by atoms with van der Waals surface area (Å²) in [5, 5.41) is 3.02. The monoisotopic (exact) mass is 333 g/mol. The minimum Gasteiger partial charge on any atom is -0.370 e. The fourth-order valence-corrected chi connectivity index (χ4v) is 3.08. The molecule has 0 aliphatic carbocycles. The first-order chi connectivity index (χ1) is 12.3. The molecule has 3 aromatic rings. The number of para-hydroxylation sites is 2. The summed E-state index contributed by atoms with van der Waals surface area (Å²) in [7, 11) is 0. The van der Waals surface area contributed by atoms with Gasteiger partial charge in [-0.3, -0.25) is 9.36 Å². The number of nitrogens with one attached hydrogen (secondary N) is 1. The molecule has 1 N–H and O–H groups in total. The van der Waals surface area contributed by atoms with Gasteiger partial charge in [0.25, 0.3) is 5.91 Å². The van der Waals surface area contributed by atoms with E-state index >= 15 is 0 Å². The normalized spacial score (nSPS) is 13.8. The zero-order valence-electron chi connectivity index (χ0n) is 13.8. The molecule has 1 aliphatic rings. The smallest absolute Gasteiger partial charge is 0.257 e. The molecule has 1 saturated heterocycles. The van der Waals surface area contributed by atoms with Gasteiger partial charge >= 0.3 is 0 Å². The molecule has 4 rings (SSSR count). The molecule has 2 aromatic heterocycles. The second kappa shape index (κ2) is 6.76. The summed E-state index contributed by atoms with van der Waals surface area (Å²) < 4.78 is 1.80. The molecular weight excluding hydrogens is 314 g/mol. The van der Waals surface area contributed by atoms with Crippen molar-refractivity contribution in [3.8, 4) is 5.82 Å². The first-order valence-corrected chi connectivity index (χ1v) is 8.41. The molecular formula is C19H19N5O. The van der Waals surface area contributed by atoms with Gasteiger partial charge in [-0.1, -0.05) is 12.1 Å². The van der Waals surface area contributed by atoms with Gasteiger partial charge in [-0.15, -0.1) is 0 Å². The van der Waals surface area contributed by atoms with E-state index in [9.17, 15) is 4.79 Å². The number of imidazole rings is 1. The molecule has 25 heavy (non-hydrogen) atoms. The average Bonchev–Trinajstić information content (AvgIpc) is 3.36. The third-order valence-electron chi connectivity index (χ3n) is 4.38. The van der Waals surface area contributed by atoms with Gasteiger partial charge in [-0.25, -0.2) is 9.97 Å². The quantitative estimate of drug-likeness (QED) is 0.797. The topological polar surface area (TPSA) is 63.1 Å². The number of benzene rings is 1. The highest BCUT2D eigenvalue weighted by Gasteiger charge is 2.17. The minimum absolute atomic E-state index is 0.156. The van der Waals surface area contributed by atoms with Gasteiger partial charge in [0, 0.05) is 31.7 Å². The van der Waals surface area contributed by atoms with Crippen LogP contribution in [0.4, 0.5) is 11.4 Å². The molecule has 3 heterocycles. The molecule has 0 bridgehead atoms. The van der Waals surface area contributed by atoms with E-state index in [2.05, 4.69) is 26.3 Å². The highest BCUT2D eigenvalue weighted by atomic mass is 16.1. The lowest BCUT2D eigenvalue weighted by atomic mass is 10.2. The molecule has 0 radical (unpaired) electrons. The maximum atomic E-state index is 12.6. The molecule has 6 nitrogen and oxygen atoms in total. The lowest BCUT2D eigenvalue weighted by Gasteiger charge is -2.21. The second-order valence-electron chi connectivity index (χ2n) is 6.04. The number of rotatable bonds is 4. The summed E-state index contributed by atoms with van der Waals surface area (Å²) in [4.78, 5) is 23.2. The Kier molecular flexibility index (Phi) is 4.16. The molecule has 0 atom stereocenters. The van der Waals surface area contributed by atoms with Crippen LogP contribution in [0.5, 0.6) is 0 Å². The number of carbonyl (C=O) groups excluding carboxylic acids is 1. The number of carbonyl (C=O) groups is 1. The Morgan fingerprint density at radius 1 is 1.08 bits per heavy atom. The van der Waals surface area contributed by atoms with Crippen LogP contribution < -0.4 is 10.2 Å². The summed E-state index contributed by atoms with van der Waals surface area (Å²) in [6.45, 7) is 2.07. The Labute approximate surface area is 146 Å². The number of pyridine rings is 1. The molecule has 0 saturated carbocycles. The highest BCUT2D eigenvalue weighted by Crippen LogP contribution is 2.28. The molecule has 1 aromatic carbocycles. The minimum atomic E-state index is -0.156. The number of amides is 1. The van der Waals surface area contributed by atoms with Crippen LogP contribution in [0.1, 0.15) is 23.2 Å². The number of hydrogen-bond donors (Lipinski definition) is 1. The van der Waals surface area contributed by atoms with E-state index in [1.54, 1.807) is 29.4 Å². The van der Waals surface area contributed by atoms with Gasteiger partial charge in [0.15, 0.2) is 0 Å². The van der Waals surface area contributed by atoms with Gasteiger partial charge in [0.1, 0.15) is 12.1 Å². The third-order valence-corrected chi connectivity index (χ3v) is 4.38. The van der Waals surface area contributed by atoms with Gasteiger partial charge < -0.3 is 10.2 Å². The zero-order valence-corrected chi connectivity index (χ0v) is 13.8. The Bertz CT molecular complexity index is 852. The maximum Gasteiger partial charge on any atom is 0.257 e. The van der Waals surface area contributed by atoms with Crippen LogP contribution in [0.2, 0.25) is 0 Å². The molecule has 0 unspecified atom stereocenters. The van der Waals surface area contributed by atoms with Crippen molar-refractivity contribution in [3.63, 3.8) is 0 Å². The predicted molar refractivity (Wildman–Crippen MR) is 97.2 cm³/mol. The maximum absolute atomic E-state index is 12.6. The van der Waals surface area contributed by atoms with Crippen molar-refractivity contribution in [2.45, 2.75) is 12.8 Å². The summed E-state index contributed by atoms with van der Waals surface area (Å²) in [5.74, 6) is 0.572. The third kappa shape index (κ3) is 3.24. The van der Waals surface area contributed by atoms with Crippen LogP contribution in [0.3, 0.4) is 0 Å². The number of anilines is 2. The summed E-state index contributed by atoms with van der Waals surface area (Å²) in [6, 6.07) is 11.5. The standard InChI is InChI=1S/C19H19N5O/c25-19(15-7-8-18(21-13-15)24-12-9-20-14-24)22-16-5-1-2-6-17(16)23-10-3-4-11-23/h1-2,5-9,12-14H,3-4,10-11H2,(H,22,25). The fraction of sp³-hybridized carbons (Fsp3) is 0.211. The molecule has 1 amide bonds. The summed E-state index contributed by atoms with van der Waals surface area (Å²) >= 11 is 0. The van der Waals surface area contributed by atoms with E-state index in [0.29, 0.717) is 5.56 Å². The van der Waals surface area contributed by atoms with Crippen molar-refractivity contribution < 1.29 is 4.79 Å². The molecule has 0 spiro atoms. The van der Waals surface area contributed by atoms with E-state index in [0.717, 1.165) is 30.3 Å². The molecule has 1 aliphatic heterocycles. The van der Waals surface area contributed by atoms with Crippen LogP contribution in [0.15, 0.2) is 61.3 Å². The van der Waals surface area contributed by atoms with Gasteiger partial charge in [0.05, 0.1) is 16.9 Å². The Morgan fingerprint density at radius 2 is 1.92 bits per heavy atom. The zero-order chi connectivity index (χ0) is 17.1. The van der Waals surface area contributed by atoms with E-state index < -0.39 is 0 Å². The van der Waals surface area contributed by atoms with E-state index in [1.807, 2.05) is 30.5 Å². The van der Waals surface area contributed by atoms with Gasteiger partial charge in [-0.05, 0) is 37.1 Å². The lowest BCUT2D eigenvalue weighted by molar-refractivity contribution is 0.102. The van der Waals surface area contributed by atoms with Crippen molar-refractivity contribution in [2.75, 3.05) is 23.3 Å². The lowest BCUT2D eigenvalue weighted by Crippen LogP contribution is -2.21. The van der Waals surface area contributed by atoms with Gasteiger partial charge in [-0.2, -0.15) is 0 Å². The average molecular weight is 333 g/mol. The van der Waals surface area contributed by atoms with Crippen LogP contribution >= 0.6 is 0 Å². The number of aromatic nitrogens is 3. The first-order valence-electron chi connectivity index (χ1n) is 8.41. The van der Waals surface area contributed by atoms with E-state index in [-0.39, 0.29) is 5.91 Å². The first kappa shape index (κ1) is 15.4. The Morgan fingerprint density at radius 3 is 2.64 bits per heavy atom. The van der Waals surface area contributed by atoms with Crippen LogP contribution in [-0.4, -0.2) is 33.5 Å². The summed E-state index contributed by atoms with van der Waals surface area (Å²) in [6.07, 6.45) is 9.16. The SMILES string of the molecule is O=C(Nc1ccccc1N1CCCC1)c1ccc(-n2ccnc2)nc1. The molecule has 6 heteroatoms. The second-order valence-corrected chi connectivity index (χ2v) is 6.04. The Balaban J connectivity index is 1.52. The van der Waals surface area contributed by atoms with Crippen LogP contribution in [0.25, 0.3) is 5.82 Å². The highest BCUT2D eigenvalue weighted by molar-refractivity contribution is 6.05. The fourth-order valence-electron chi connectivity index (χ4n) is 3.08. The molecule has 126 valence electrons. The number of hydrogen-bond acceptors (Lipinski definition) is 4. The Hall–Kier alpha value is -3.15. The largest absolute Gasteiger partial charge is 0.370 e.